The van der Waals surface area contributed by atoms with Crippen LogP contribution < -0.4 is 19.9 Å². The molecule has 1 unspecified atom stereocenters. The number of para-hydroxylation sites is 2. The fourth-order valence-electron chi connectivity index (χ4n) is 3.27. The number of carbonyl (C=O) groups is 2. The average Bonchev–Trinajstić information content (AvgIpc) is 2.77. The number of rotatable bonds is 6. The van der Waals surface area contributed by atoms with Gasteiger partial charge in [-0.2, -0.15) is 0 Å². The van der Waals surface area contributed by atoms with Crippen LogP contribution in [0.1, 0.15) is 13.3 Å². The third-order valence-corrected chi connectivity index (χ3v) is 4.94. The summed E-state index contributed by atoms with van der Waals surface area (Å²) >= 11 is 5.87. The van der Waals surface area contributed by atoms with E-state index in [-0.39, 0.29) is 24.3 Å². The van der Waals surface area contributed by atoms with Gasteiger partial charge in [0.05, 0.1) is 18.4 Å². The first-order valence-corrected chi connectivity index (χ1v) is 9.72. The van der Waals surface area contributed by atoms with Crippen LogP contribution in [0, 0.1) is 0 Å². The summed E-state index contributed by atoms with van der Waals surface area (Å²) < 4.78 is 5.71. The monoisotopic (exact) mass is 402 g/mol. The van der Waals surface area contributed by atoms with Gasteiger partial charge in [-0.1, -0.05) is 23.7 Å². The molecule has 1 heterocycles. The Bertz CT molecular complexity index is 841. The van der Waals surface area contributed by atoms with E-state index in [2.05, 4.69) is 5.32 Å². The number of ether oxygens (including phenoxy) is 1. The number of hydrogen-bond donors (Lipinski definition) is 2. The molecule has 0 aromatic heterocycles. The summed E-state index contributed by atoms with van der Waals surface area (Å²) in [6.45, 7) is 3.39. The zero-order chi connectivity index (χ0) is 20.1. The van der Waals surface area contributed by atoms with Gasteiger partial charge >= 0.3 is 0 Å². The second-order valence-corrected chi connectivity index (χ2v) is 7.50. The number of quaternary nitrogens is 1. The van der Waals surface area contributed by atoms with E-state index in [1.54, 1.807) is 17.0 Å². The Balaban J connectivity index is 1.59. The highest BCUT2D eigenvalue weighted by atomic mass is 35.5. The maximum Gasteiger partial charge on any atom is 0.282 e. The molecule has 6 nitrogen and oxygen atoms in total. The van der Waals surface area contributed by atoms with E-state index in [4.69, 9.17) is 16.3 Å². The number of halogens is 1. The van der Waals surface area contributed by atoms with E-state index in [1.165, 1.54) is 0 Å². The fraction of sp³-hybridized carbons (Fsp3) is 0.333. The molecule has 0 bridgehead atoms. The van der Waals surface area contributed by atoms with Crippen LogP contribution in [0.25, 0.3) is 0 Å². The highest BCUT2D eigenvalue weighted by Crippen LogP contribution is 2.31. The van der Waals surface area contributed by atoms with E-state index >= 15 is 0 Å². The van der Waals surface area contributed by atoms with Crippen LogP contribution in [-0.4, -0.2) is 44.6 Å². The van der Waals surface area contributed by atoms with Crippen molar-refractivity contribution in [2.24, 2.45) is 0 Å². The molecule has 0 spiro atoms. The molecule has 2 atom stereocenters. The minimum atomic E-state index is -0.200. The molecular weight excluding hydrogens is 378 g/mol. The van der Waals surface area contributed by atoms with Gasteiger partial charge in [0.15, 0.2) is 6.54 Å². The Hall–Kier alpha value is -2.57. The number of likely N-dealkylation sites (N-methyl/N-ethyl adjacent to an activating group) is 1. The summed E-state index contributed by atoms with van der Waals surface area (Å²) in [4.78, 5) is 27.9. The SMILES string of the molecule is C[C@@H]1CC(=O)Nc2ccccc2N1C(=O)C[NH+](C)CCOc1ccc(Cl)cc1. The van der Waals surface area contributed by atoms with E-state index in [0.717, 1.165) is 16.3 Å². The minimum Gasteiger partial charge on any atom is -0.488 e. The summed E-state index contributed by atoms with van der Waals surface area (Å²) in [7, 11) is 1.96. The lowest BCUT2D eigenvalue weighted by Gasteiger charge is -2.28. The van der Waals surface area contributed by atoms with Crippen LogP contribution in [0.15, 0.2) is 48.5 Å². The van der Waals surface area contributed by atoms with Crippen LogP contribution in [0.2, 0.25) is 5.02 Å². The van der Waals surface area contributed by atoms with Crippen LogP contribution >= 0.6 is 11.6 Å². The number of nitrogens with one attached hydrogen (secondary N) is 2. The van der Waals surface area contributed by atoms with Crippen LogP contribution in [0.3, 0.4) is 0 Å². The predicted molar refractivity (Wildman–Crippen MR) is 110 cm³/mol. The Morgan fingerprint density at radius 2 is 1.96 bits per heavy atom. The zero-order valence-electron chi connectivity index (χ0n) is 16.1. The van der Waals surface area contributed by atoms with Gasteiger partial charge < -0.3 is 19.9 Å². The molecule has 3 rings (SSSR count). The number of hydrogen-bond acceptors (Lipinski definition) is 3. The summed E-state index contributed by atoms with van der Waals surface area (Å²) in [5.74, 6) is 0.663. The predicted octanol–water partition coefficient (Wildman–Crippen LogP) is 2.00. The van der Waals surface area contributed by atoms with Gasteiger partial charge in [-0.25, -0.2) is 0 Å². The minimum absolute atomic E-state index is 0.0135. The number of benzene rings is 2. The lowest BCUT2D eigenvalue weighted by molar-refractivity contribution is -0.871. The first-order chi connectivity index (χ1) is 13.4. The first kappa shape index (κ1) is 20.2. The van der Waals surface area contributed by atoms with Crippen molar-refractivity contribution in [3.8, 4) is 5.75 Å². The van der Waals surface area contributed by atoms with Gasteiger partial charge in [-0.05, 0) is 43.3 Å². The lowest BCUT2D eigenvalue weighted by Crippen LogP contribution is -3.10. The topological polar surface area (TPSA) is 63.1 Å². The molecule has 2 aromatic carbocycles. The molecule has 0 aliphatic carbocycles. The molecule has 2 aromatic rings. The maximum absolute atomic E-state index is 13.0. The zero-order valence-corrected chi connectivity index (χ0v) is 16.8. The van der Waals surface area contributed by atoms with Crippen molar-refractivity contribution >= 4 is 34.8 Å². The number of carbonyl (C=O) groups excluding carboxylic acids is 2. The van der Waals surface area contributed by atoms with Crippen molar-refractivity contribution in [2.45, 2.75) is 19.4 Å². The number of amides is 2. The Morgan fingerprint density at radius 3 is 2.71 bits per heavy atom. The standard InChI is InChI=1S/C21H24ClN3O3/c1-15-13-20(26)23-18-5-3-4-6-19(18)25(15)21(27)14-24(2)11-12-28-17-9-7-16(22)8-10-17/h3-10,15H,11-14H2,1-2H3,(H,23,26)/p+1/t15-/m1/s1. The molecule has 0 saturated heterocycles. The highest BCUT2D eigenvalue weighted by Gasteiger charge is 2.30. The lowest BCUT2D eigenvalue weighted by atomic mass is 10.1. The van der Waals surface area contributed by atoms with Crippen molar-refractivity contribution in [1.82, 2.24) is 0 Å². The molecule has 0 saturated carbocycles. The van der Waals surface area contributed by atoms with E-state index < -0.39 is 0 Å². The number of nitrogens with zero attached hydrogens (tertiary/aromatic N) is 1. The van der Waals surface area contributed by atoms with Gasteiger partial charge in [-0.3, -0.25) is 9.59 Å². The molecule has 0 radical (unpaired) electrons. The molecule has 28 heavy (non-hydrogen) atoms. The molecule has 1 aliphatic rings. The second-order valence-electron chi connectivity index (χ2n) is 7.07. The van der Waals surface area contributed by atoms with E-state index in [9.17, 15) is 9.59 Å². The Morgan fingerprint density at radius 1 is 1.25 bits per heavy atom. The van der Waals surface area contributed by atoms with Crippen molar-refractivity contribution in [1.29, 1.82) is 0 Å². The average molecular weight is 403 g/mol. The third kappa shape index (κ3) is 5.03. The van der Waals surface area contributed by atoms with Gasteiger partial charge in [0.1, 0.15) is 18.9 Å². The van der Waals surface area contributed by atoms with E-state index in [0.29, 0.717) is 30.4 Å². The summed E-state index contributed by atoms with van der Waals surface area (Å²) in [6.07, 6.45) is 0.277. The van der Waals surface area contributed by atoms with Crippen LogP contribution in [-0.2, 0) is 9.59 Å². The smallest absolute Gasteiger partial charge is 0.282 e. The largest absolute Gasteiger partial charge is 0.488 e. The van der Waals surface area contributed by atoms with Gasteiger partial charge in [0.2, 0.25) is 5.91 Å². The third-order valence-electron chi connectivity index (χ3n) is 4.69. The molecular formula is C21H25ClN3O3+. The van der Waals surface area contributed by atoms with E-state index in [1.807, 2.05) is 50.4 Å². The first-order valence-electron chi connectivity index (χ1n) is 9.34. The summed E-state index contributed by atoms with van der Waals surface area (Å²) in [5, 5.41) is 3.55. The molecule has 7 heteroatoms. The van der Waals surface area contributed by atoms with Gasteiger partial charge in [0, 0.05) is 17.5 Å². The molecule has 2 N–H and O–H groups in total. The van der Waals surface area contributed by atoms with Crippen molar-refractivity contribution < 1.29 is 19.2 Å². The maximum atomic E-state index is 13.0. The number of anilines is 2. The second kappa shape index (κ2) is 9.08. The van der Waals surface area contributed by atoms with Crippen molar-refractivity contribution in [3.05, 3.63) is 53.6 Å². The molecule has 0 fully saturated rings. The summed E-state index contributed by atoms with van der Waals surface area (Å²) in [5.41, 5.74) is 1.42. The van der Waals surface area contributed by atoms with Crippen molar-refractivity contribution in [3.63, 3.8) is 0 Å². The molecule has 148 valence electrons. The fourth-order valence-corrected chi connectivity index (χ4v) is 3.40. The van der Waals surface area contributed by atoms with Crippen molar-refractivity contribution in [2.75, 3.05) is 37.0 Å². The Kier molecular flexibility index (Phi) is 6.54. The normalized spacial score (nSPS) is 17.3. The van der Waals surface area contributed by atoms with Crippen LogP contribution in [0.4, 0.5) is 11.4 Å². The number of fused-ring (bicyclic) bond motifs is 1. The van der Waals surface area contributed by atoms with Gasteiger partial charge in [-0.15, -0.1) is 0 Å². The molecule has 2 amide bonds. The highest BCUT2D eigenvalue weighted by molar-refractivity contribution is 6.30. The van der Waals surface area contributed by atoms with Crippen LogP contribution in [0.5, 0.6) is 5.75 Å². The Labute approximate surface area is 170 Å². The molecule has 1 aliphatic heterocycles. The summed E-state index contributed by atoms with van der Waals surface area (Å²) in [6, 6.07) is 14.4. The quantitative estimate of drug-likeness (QED) is 0.776. The van der Waals surface area contributed by atoms with Gasteiger partial charge in [0.25, 0.3) is 5.91 Å².